The molecule has 2 rings (SSSR count). The third kappa shape index (κ3) is 7.26. The molecular weight excluding hydrogens is 525 g/mol. The number of alkyl halides is 9. The quantitative estimate of drug-likeness (QED) is 0.255. The van der Waals surface area contributed by atoms with Crippen molar-refractivity contribution in [2.24, 2.45) is 12.0 Å². The maximum Gasteiger partial charge on any atom is 0.433 e. The molecule has 0 N–H and O–H groups in total. The summed E-state index contributed by atoms with van der Waals surface area (Å²) < 4.78 is 129. The summed E-state index contributed by atoms with van der Waals surface area (Å²) in [4.78, 5) is 18.0. The molecule has 2 aromatic rings. The number of carbonyl (C=O) groups is 1. The van der Waals surface area contributed by atoms with Gasteiger partial charge < -0.3 is 9.47 Å². The molecule has 0 unspecified atom stereocenters. The summed E-state index contributed by atoms with van der Waals surface area (Å²) in [5, 5.41) is -1.29. The van der Waals surface area contributed by atoms with Crippen LogP contribution >= 0.6 is 11.6 Å². The molecule has 194 valence electrons. The van der Waals surface area contributed by atoms with E-state index in [1.54, 1.807) is 6.92 Å². The largest absolute Gasteiger partial charge is 0.442 e. The Morgan fingerprint density at radius 2 is 1.66 bits per heavy atom. The van der Waals surface area contributed by atoms with Gasteiger partial charge >= 0.3 is 24.5 Å². The highest BCUT2D eigenvalue weighted by Gasteiger charge is 2.39. The molecule has 0 aliphatic carbocycles. The standard InChI is InChI=1S/C19H15ClF9N3O3/c1-3-4-14(33)35-8-34-13-7-12(19(27,28)29)31-16(32(13)2)30-11-6-9(17(21,22)23)5-10(15(11)20)18(24,25)26/h5-7H,3-4,8H2,1-2H3. The molecular formula is C19H15ClF9N3O3. The van der Waals surface area contributed by atoms with Crippen LogP contribution in [0.5, 0.6) is 5.88 Å². The van der Waals surface area contributed by atoms with Gasteiger partial charge in [0, 0.05) is 19.5 Å². The van der Waals surface area contributed by atoms with Crippen LogP contribution in [0.25, 0.3) is 0 Å². The average molecular weight is 540 g/mol. The summed E-state index contributed by atoms with van der Waals surface area (Å²) in [5.41, 5.74) is -7.47. The van der Waals surface area contributed by atoms with E-state index in [1.807, 2.05) is 0 Å². The van der Waals surface area contributed by atoms with Crippen LogP contribution in [0.4, 0.5) is 45.2 Å². The van der Waals surface area contributed by atoms with Crippen LogP contribution in [0.1, 0.15) is 36.6 Å². The molecule has 0 spiro atoms. The lowest BCUT2D eigenvalue weighted by atomic mass is 10.1. The molecule has 0 bridgehead atoms. The van der Waals surface area contributed by atoms with E-state index in [4.69, 9.17) is 16.3 Å². The van der Waals surface area contributed by atoms with Crippen LogP contribution in [-0.2, 0) is 35.1 Å². The Hall–Kier alpha value is -2.97. The molecule has 0 aliphatic heterocycles. The zero-order valence-electron chi connectivity index (χ0n) is 17.7. The molecule has 1 aromatic carbocycles. The molecule has 35 heavy (non-hydrogen) atoms. The van der Waals surface area contributed by atoms with Crippen molar-refractivity contribution in [3.8, 4) is 5.88 Å². The van der Waals surface area contributed by atoms with Crippen LogP contribution in [-0.4, -0.2) is 22.3 Å². The Kier molecular flexibility index (Phi) is 8.35. The summed E-state index contributed by atoms with van der Waals surface area (Å²) in [7, 11) is 1.02. The third-order valence-electron chi connectivity index (χ3n) is 4.19. The van der Waals surface area contributed by atoms with Gasteiger partial charge in [-0.2, -0.15) is 39.5 Å². The maximum absolute atomic E-state index is 13.3. The topological polar surface area (TPSA) is 65.7 Å². The predicted octanol–water partition coefficient (Wildman–Crippen LogP) is 6.04. The average Bonchev–Trinajstić information content (AvgIpc) is 2.69. The van der Waals surface area contributed by atoms with E-state index in [0.29, 0.717) is 17.1 Å². The highest BCUT2D eigenvalue weighted by atomic mass is 35.5. The molecule has 0 saturated carbocycles. The summed E-state index contributed by atoms with van der Waals surface area (Å²) in [6, 6.07) is 0.258. The first kappa shape index (κ1) is 28.3. The molecule has 1 heterocycles. The first-order chi connectivity index (χ1) is 15.9. The molecule has 0 atom stereocenters. The van der Waals surface area contributed by atoms with Crippen molar-refractivity contribution >= 4 is 23.3 Å². The zero-order valence-corrected chi connectivity index (χ0v) is 18.5. The van der Waals surface area contributed by atoms with E-state index in [2.05, 4.69) is 14.7 Å². The van der Waals surface area contributed by atoms with Crippen molar-refractivity contribution in [2.75, 3.05) is 6.79 Å². The molecule has 6 nitrogen and oxygen atoms in total. The molecule has 0 saturated heterocycles. The number of nitrogens with zero attached hydrogens (tertiary/aromatic N) is 3. The lowest BCUT2D eigenvalue weighted by Crippen LogP contribution is -2.28. The first-order valence-electron chi connectivity index (χ1n) is 9.41. The van der Waals surface area contributed by atoms with Crippen molar-refractivity contribution in [1.82, 2.24) is 9.55 Å². The molecule has 1 aromatic heterocycles. The van der Waals surface area contributed by atoms with Crippen LogP contribution in [0, 0.1) is 0 Å². The summed E-state index contributed by atoms with van der Waals surface area (Å²) in [6.45, 7) is 0.827. The van der Waals surface area contributed by atoms with E-state index in [0.717, 1.165) is 7.05 Å². The van der Waals surface area contributed by atoms with Gasteiger partial charge in [-0.05, 0) is 18.6 Å². The van der Waals surface area contributed by atoms with E-state index < -0.39 is 70.3 Å². The number of hydrogen-bond donors (Lipinski definition) is 0. The molecule has 0 amide bonds. The van der Waals surface area contributed by atoms with Gasteiger partial charge in [-0.15, -0.1) is 0 Å². The number of ether oxygens (including phenoxy) is 2. The van der Waals surface area contributed by atoms with E-state index in [-0.39, 0.29) is 18.6 Å². The number of esters is 1. The minimum absolute atomic E-state index is 0.00417. The van der Waals surface area contributed by atoms with Crippen molar-refractivity contribution in [3.63, 3.8) is 0 Å². The van der Waals surface area contributed by atoms with E-state index in [1.165, 1.54) is 0 Å². The highest BCUT2D eigenvalue weighted by molar-refractivity contribution is 6.33. The van der Waals surface area contributed by atoms with Crippen molar-refractivity contribution in [2.45, 2.75) is 38.3 Å². The Bertz CT molecular complexity index is 1160. The van der Waals surface area contributed by atoms with Crippen molar-refractivity contribution in [1.29, 1.82) is 0 Å². The maximum atomic E-state index is 13.3. The van der Waals surface area contributed by atoms with Gasteiger partial charge in [0.2, 0.25) is 18.3 Å². The summed E-state index contributed by atoms with van der Waals surface area (Å²) in [6.07, 6.45) is -15.3. The van der Waals surface area contributed by atoms with Gasteiger partial charge in [-0.25, -0.2) is 9.98 Å². The minimum atomic E-state index is -5.33. The molecule has 0 fully saturated rings. The summed E-state index contributed by atoms with van der Waals surface area (Å²) >= 11 is 5.61. The number of halogens is 10. The fourth-order valence-electron chi connectivity index (χ4n) is 2.51. The number of carbonyl (C=O) groups excluding carboxylic acids is 1. The Labute approximate surface area is 195 Å². The lowest BCUT2D eigenvalue weighted by molar-refractivity contribution is -0.151. The smallest absolute Gasteiger partial charge is 0.433 e. The number of rotatable bonds is 6. The van der Waals surface area contributed by atoms with Crippen LogP contribution < -0.4 is 10.4 Å². The van der Waals surface area contributed by atoms with Gasteiger partial charge in [0.05, 0.1) is 21.8 Å². The SMILES string of the molecule is CCCC(=O)OCOc1cc(C(F)(F)F)nc(=Nc2cc(C(F)(F)F)cc(C(F)(F)F)c2Cl)n1C. The fourth-order valence-corrected chi connectivity index (χ4v) is 2.77. The van der Waals surface area contributed by atoms with Gasteiger partial charge in [-0.3, -0.25) is 9.36 Å². The number of benzene rings is 1. The first-order valence-corrected chi connectivity index (χ1v) is 9.79. The molecule has 0 radical (unpaired) electrons. The minimum Gasteiger partial charge on any atom is -0.442 e. The molecule has 0 aliphatic rings. The molecule has 16 heteroatoms. The number of aromatic nitrogens is 2. The van der Waals surface area contributed by atoms with Gasteiger partial charge in [0.1, 0.15) is 0 Å². The second kappa shape index (κ2) is 10.3. The predicted molar refractivity (Wildman–Crippen MR) is 101 cm³/mol. The van der Waals surface area contributed by atoms with Gasteiger partial charge in [0.15, 0.2) is 5.69 Å². The summed E-state index contributed by atoms with van der Waals surface area (Å²) in [5.74, 6) is -1.38. The Morgan fingerprint density at radius 3 is 2.17 bits per heavy atom. The normalized spacial score (nSPS) is 13.2. The Balaban J connectivity index is 2.71. The monoisotopic (exact) mass is 539 g/mol. The number of hydrogen-bond acceptors (Lipinski definition) is 5. The second-order valence-corrected chi connectivity index (χ2v) is 7.21. The van der Waals surface area contributed by atoms with Gasteiger partial charge in [0.25, 0.3) is 0 Å². The van der Waals surface area contributed by atoms with Crippen molar-refractivity contribution < 1.29 is 53.8 Å². The van der Waals surface area contributed by atoms with Crippen LogP contribution in [0.3, 0.4) is 0 Å². The highest BCUT2D eigenvalue weighted by Crippen LogP contribution is 2.43. The van der Waals surface area contributed by atoms with Crippen LogP contribution in [0.15, 0.2) is 23.2 Å². The Morgan fingerprint density at radius 1 is 1.03 bits per heavy atom. The van der Waals surface area contributed by atoms with Crippen LogP contribution in [0.2, 0.25) is 5.02 Å². The zero-order chi connectivity index (χ0) is 26.8. The lowest BCUT2D eigenvalue weighted by Gasteiger charge is -2.16. The van der Waals surface area contributed by atoms with Crippen molar-refractivity contribution in [3.05, 3.63) is 45.7 Å². The third-order valence-corrected chi connectivity index (χ3v) is 4.59. The fraction of sp³-hybridized carbons (Fsp3) is 0.421. The second-order valence-electron chi connectivity index (χ2n) is 6.83. The van der Waals surface area contributed by atoms with E-state index in [9.17, 15) is 44.3 Å². The van der Waals surface area contributed by atoms with Gasteiger partial charge in [-0.1, -0.05) is 18.5 Å². The van der Waals surface area contributed by atoms with E-state index >= 15 is 0 Å².